The third kappa shape index (κ3) is 4.60. The van der Waals surface area contributed by atoms with Gasteiger partial charge >= 0.3 is 0 Å². The van der Waals surface area contributed by atoms with E-state index in [4.69, 9.17) is 14.5 Å². The third-order valence-electron chi connectivity index (χ3n) is 5.34. The van der Waals surface area contributed by atoms with Crippen molar-refractivity contribution in [3.05, 3.63) is 65.9 Å². The lowest BCUT2D eigenvalue weighted by Gasteiger charge is -2.16. The Labute approximate surface area is 181 Å². The van der Waals surface area contributed by atoms with Gasteiger partial charge in [-0.15, -0.1) is 0 Å². The van der Waals surface area contributed by atoms with Gasteiger partial charge in [0.1, 0.15) is 5.75 Å². The van der Waals surface area contributed by atoms with Crippen molar-refractivity contribution in [1.29, 1.82) is 0 Å². The molecular weight excluding hydrogens is 396 g/mol. The summed E-state index contributed by atoms with van der Waals surface area (Å²) in [7, 11) is 1.66. The van der Waals surface area contributed by atoms with Crippen LogP contribution in [-0.2, 0) is 17.0 Å². The predicted molar refractivity (Wildman–Crippen MR) is 119 cm³/mol. The summed E-state index contributed by atoms with van der Waals surface area (Å²) < 4.78 is 13.7. The number of methoxy groups -OCH3 is 1. The Kier molecular flexibility index (Phi) is 6.55. The van der Waals surface area contributed by atoms with Crippen LogP contribution in [0.15, 0.2) is 59.9 Å². The first-order valence-corrected chi connectivity index (χ1v) is 11.2. The topological polar surface area (TPSA) is 53.3 Å². The normalized spacial score (nSPS) is 16.0. The molecule has 6 heteroatoms. The number of thioether (sulfide) groups is 1. The molecule has 3 aromatic rings. The van der Waals surface area contributed by atoms with Crippen LogP contribution in [0.1, 0.15) is 35.7 Å². The molecule has 5 nitrogen and oxygen atoms in total. The van der Waals surface area contributed by atoms with Crippen molar-refractivity contribution in [3.8, 4) is 17.0 Å². The maximum absolute atomic E-state index is 11.8. The van der Waals surface area contributed by atoms with E-state index >= 15 is 0 Å². The Morgan fingerprint density at radius 1 is 1.27 bits per heavy atom. The van der Waals surface area contributed by atoms with Crippen LogP contribution in [-0.4, -0.2) is 35.2 Å². The molecule has 2 aromatic carbocycles. The summed E-state index contributed by atoms with van der Waals surface area (Å²) in [5.74, 6) is 1.50. The highest BCUT2D eigenvalue weighted by atomic mass is 32.2. The molecule has 0 bridgehead atoms. The Morgan fingerprint density at radius 3 is 2.80 bits per heavy atom. The van der Waals surface area contributed by atoms with Crippen molar-refractivity contribution in [2.24, 2.45) is 0 Å². The van der Waals surface area contributed by atoms with Gasteiger partial charge in [0.25, 0.3) is 0 Å². The number of ether oxygens (including phenoxy) is 2. The molecule has 1 saturated heterocycles. The number of ketones is 1. The predicted octanol–water partition coefficient (Wildman–Crippen LogP) is 5.23. The lowest BCUT2D eigenvalue weighted by atomic mass is 10.1. The Morgan fingerprint density at radius 2 is 2.10 bits per heavy atom. The van der Waals surface area contributed by atoms with Crippen LogP contribution in [0.25, 0.3) is 11.3 Å². The second-order valence-electron chi connectivity index (χ2n) is 7.41. The fourth-order valence-electron chi connectivity index (χ4n) is 3.73. The summed E-state index contributed by atoms with van der Waals surface area (Å²) in [6, 6.07) is 15.9. The quantitative estimate of drug-likeness (QED) is 0.367. The molecule has 156 valence electrons. The molecule has 1 atom stereocenters. The average Bonchev–Trinajstić information content (AvgIpc) is 3.43. The Balaban J connectivity index is 1.62. The lowest BCUT2D eigenvalue weighted by Crippen LogP contribution is -2.16. The largest absolute Gasteiger partial charge is 0.496 e. The van der Waals surface area contributed by atoms with Crippen molar-refractivity contribution >= 4 is 17.5 Å². The van der Waals surface area contributed by atoms with Crippen molar-refractivity contribution < 1.29 is 14.3 Å². The molecule has 2 heterocycles. The molecule has 0 amide bonds. The number of nitrogens with zero attached hydrogens (tertiary/aromatic N) is 2. The van der Waals surface area contributed by atoms with Gasteiger partial charge in [0, 0.05) is 23.5 Å². The summed E-state index contributed by atoms with van der Waals surface area (Å²) in [6.45, 7) is 3.20. The number of carbonyl (C=O) groups is 1. The van der Waals surface area contributed by atoms with Crippen LogP contribution < -0.4 is 4.74 Å². The SMILES string of the molecule is COc1ccc(C(C)=O)cc1CSc1ncc(-c2ccccc2)n1C[C@H]1CCCO1. The van der Waals surface area contributed by atoms with Crippen LogP contribution in [0.3, 0.4) is 0 Å². The maximum Gasteiger partial charge on any atom is 0.168 e. The first kappa shape index (κ1) is 20.7. The molecule has 1 aliphatic rings. The number of hydrogen-bond acceptors (Lipinski definition) is 5. The van der Waals surface area contributed by atoms with E-state index in [0.29, 0.717) is 11.3 Å². The molecule has 1 fully saturated rings. The number of imidazole rings is 1. The van der Waals surface area contributed by atoms with E-state index in [2.05, 4.69) is 16.7 Å². The van der Waals surface area contributed by atoms with Gasteiger partial charge < -0.3 is 14.0 Å². The van der Waals surface area contributed by atoms with E-state index < -0.39 is 0 Å². The van der Waals surface area contributed by atoms with Crippen LogP contribution >= 0.6 is 11.8 Å². The molecule has 4 rings (SSSR count). The first-order valence-electron chi connectivity index (χ1n) is 10.2. The van der Waals surface area contributed by atoms with Gasteiger partial charge in [-0.25, -0.2) is 4.98 Å². The Bertz CT molecular complexity index is 1010. The van der Waals surface area contributed by atoms with E-state index in [-0.39, 0.29) is 11.9 Å². The highest BCUT2D eigenvalue weighted by Gasteiger charge is 2.21. The number of rotatable bonds is 8. The van der Waals surface area contributed by atoms with Crippen LogP contribution in [0.2, 0.25) is 0 Å². The second-order valence-corrected chi connectivity index (χ2v) is 8.35. The second kappa shape index (κ2) is 9.49. The number of benzene rings is 2. The van der Waals surface area contributed by atoms with Gasteiger partial charge in [0.2, 0.25) is 0 Å². The molecule has 0 saturated carbocycles. The van der Waals surface area contributed by atoms with E-state index in [1.807, 2.05) is 36.5 Å². The highest BCUT2D eigenvalue weighted by Crippen LogP contribution is 2.32. The van der Waals surface area contributed by atoms with E-state index in [0.717, 1.165) is 53.7 Å². The molecule has 0 radical (unpaired) electrons. The molecule has 30 heavy (non-hydrogen) atoms. The van der Waals surface area contributed by atoms with Gasteiger partial charge in [0.15, 0.2) is 10.9 Å². The van der Waals surface area contributed by atoms with Crippen molar-refractivity contribution in [2.75, 3.05) is 13.7 Å². The van der Waals surface area contributed by atoms with E-state index in [1.54, 1.807) is 31.9 Å². The van der Waals surface area contributed by atoms with Gasteiger partial charge in [-0.1, -0.05) is 42.1 Å². The molecule has 0 spiro atoms. The fraction of sp³-hybridized carbons (Fsp3) is 0.333. The fourth-order valence-corrected chi connectivity index (χ4v) is 4.70. The lowest BCUT2D eigenvalue weighted by molar-refractivity contribution is 0.0953. The zero-order valence-corrected chi connectivity index (χ0v) is 18.2. The number of hydrogen-bond donors (Lipinski definition) is 0. The molecular formula is C24H26N2O3S. The van der Waals surface area contributed by atoms with Gasteiger partial charge in [0.05, 0.1) is 31.6 Å². The summed E-state index contributed by atoms with van der Waals surface area (Å²) in [6.07, 6.45) is 4.34. The molecule has 0 aliphatic carbocycles. The highest BCUT2D eigenvalue weighted by molar-refractivity contribution is 7.98. The average molecular weight is 423 g/mol. The Hall–Kier alpha value is -2.57. The summed E-state index contributed by atoms with van der Waals surface area (Å²) in [4.78, 5) is 16.5. The van der Waals surface area contributed by atoms with Crippen LogP contribution in [0.4, 0.5) is 0 Å². The standard InChI is InChI=1S/C24H26N2O3S/c1-17(27)19-10-11-23(28-2)20(13-19)16-30-24-25-14-22(18-7-4-3-5-8-18)26(24)15-21-9-6-12-29-21/h3-5,7-8,10-11,13-14,21H,6,9,12,15-16H2,1-2H3/t21-/m1/s1. The monoisotopic (exact) mass is 422 g/mol. The minimum atomic E-state index is 0.0511. The zero-order valence-electron chi connectivity index (χ0n) is 17.3. The third-order valence-corrected chi connectivity index (χ3v) is 6.38. The zero-order chi connectivity index (χ0) is 20.9. The number of carbonyl (C=O) groups excluding carboxylic acids is 1. The van der Waals surface area contributed by atoms with E-state index in [1.165, 1.54) is 0 Å². The molecule has 1 aromatic heterocycles. The smallest absolute Gasteiger partial charge is 0.168 e. The minimum Gasteiger partial charge on any atom is -0.496 e. The maximum atomic E-state index is 11.8. The summed E-state index contributed by atoms with van der Waals surface area (Å²) >= 11 is 1.65. The molecule has 1 aliphatic heterocycles. The minimum absolute atomic E-state index is 0.0511. The van der Waals surface area contributed by atoms with Crippen molar-refractivity contribution in [2.45, 2.75) is 43.3 Å². The summed E-state index contributed by atoms with van der Waals surface area (Å²) in [5, 5.41) is 0.944. The van der Waals surface area contributed by atoms with Crippen molar-refractivity contribution in [3.63, 3.8) is 0 Å². The van der Waals surface area contributed by atoms with Gasteiger partial charge in [-0.05, 0) is 43.5 Å². The van der Waals surface area contributed by atoms with Gasteiger partial charge in [-0.2, -0.15) is 0 Å². The van der Waals surface area contributed by atoms with Crippen LogP contribution in [0.5, 0.6) is 5.75 Å². The van der Waals surface area contributed by atoms with Crippen LogP contribution in [0, 0.1) is 0 Å². The van der Waals surface area contributed by atoms with Gasteiger partial charge in [-0.3, -0.25) is 4.79 Å². The number of aromatic nitrogens is 2. The molecule has 0 N–H and O–H groups in total. The number of Topliss-reactive ketones (excluding diaryl/α,β-unsaturated/α-hetero) is 1. The summed E-state index contributed by atoms with van der Waals surface area (Å²) in [5.41, 5.74) is 3.92. The van der Waals surface area contributed by atoms with Crippen molar-refractivity contribution in [1.82, 2.24) is 9.55 Å². The molecule has 0 unspecified atom stereocenters. The first-order chi connectivity index (χ1) is 14.7. The van der Waals surface area contributed by atoms with E-state index in [9.17, 15) is 4.79 Å².